The zero-order valence-corrected chi connectivity index (χ0v) is 11.3. The average Bonchev–Trinajstić information content (AvgIpc) is 3.31. The van der Waals surface area contributed by atoms with Crippen LogP contribution in [0.15, 0.2) is 12.3 Å². The van der Waals surface area contributed by atoms with Crippen molar-refractivity contribution in [2.45, 2.75) is 37.6 Å². The summed E-state index contributed by atoms with van der Waals surface area (Å²) in [6.45, 7) is 1.61. The Labute approximate surface area is 113 Å². The molecular weight excluding hydrogens is 240 g/mol. The maximum Gasteiger partial charge on any atom is 0.272 e. The highest BCUT2D eigenvalue weighted by atomic mass is 16.2. The number of nitrogens with one attached hydrogen (secondary N) is 1. The molecule has 1 aliphatic carbocycles. The van der Waals surface area contributed by atoms with Gasteiger partial charge in [0.25, 0.3) is 5.91 Å². The number of hydrogen-bond donors (Lipinski definition) is 1. The fourth-order valence-electron chi connectivity index (χ4n) is 2.59. The highest BCUT2D eigenvalue weighted by Gasteiger charge is 2.29. The van der Waals surface area contributed by atoms with Crippen LogP contribution in [-0.4, -0.2) is 47.0 Å². The van der Waals surface area contributed by atoms with Crippen LogP contribution in [0.2, 0.25) is 0 Å². The van der Waals surface area contributed by atoms with E-state index in [4.69, 9.17) is 0 Å². The van der Waals surface area contributed by atoms with Gasteiger partial charge in [0, 0.05) is 31.2 Å². The second-order valence-electron chi connectivity index (χ2n) is 5.45. The summed E-state index contributed by atoms with van der Waals surface area (Å²) in [5.74, 6) is 1.37. The zero-order chi connectivity index (χ0) is 13.2. The molecule has 5 nitrogen and oxygen atoms in total. The van der Waals surface area contributed by atoms with E-state index in [9.17, 15) is 4.79 Å². The Bertz CT molecular complexity index is 472. The molecule has 3 rings (SSSR count). The minimum Gasteiger partial charge on any atom is -0.336 e. The Morgan fingerprint density at radius 1 is 1.42 bits per heavy atom. The van der Waals surface area contributed by atoms with Crippen LogP contribution in [0.4, 0.5) is 0 Å². The molecule has 1 aromatic rings. The number of aromatic nitrogens is 2. The van der Waals surface area contributed by atoms with Crippen LogP contribution in [-0.2, 0) is 0 Å². The number of piperidine rings is 1. The Hall–Kier alpha value is -1.49. The van der Waals surface area contributed by atoms with E-state index in [0.717, 1.165) is 44.6 Å². The molecule has 1 saturated carbocycles. The van der Waals surface area contributed by atoms with Gasteiger partial charge in [0.1, 0.15) is 11.5 Å². The zero-order valence-electron chi connectivity index (χ0n) is 11.3. The van der Waals surface area contributed by atoms with Crippen molar-refractivity contribution >= 4 is 5.91 Å². The van der Waals surface area contributed by atoms with Gasteiger partial charge < -0.3 is 10.2 Å². The van der Waals surface area contributed by atoms with Crippen LogP contribution in [0, 0.1) is 0 Å². The van der Waals surface area contributed by atoms with Crippen molar-refractivity contribution in [3.05, 3.63) is 23.8 Å². The van der Waals surface area contributed by atoms with E-state index in [1.807, 2.05) is 11.9 Å². The smallest absolute Gasteiger partial charge is 0.272 e. The predicted molar refractivity (Wildman–Crippen MR) is 72.0 cm³/mol. The molecule has 102 valence electrons. The molecule has 2 heterocycles. The second kappa shape index (κ2) is 5.25. The van der Waals surface area contributed by atoms with Crippen LogP contribution >= 0.6 is 0 Å². The number of amides is 1. The van der Waals surface area contributed by atoms with Gasteiger partial charge in [-0.05, 0) is 38.8 Å². The summed E-state index contributed by atoms with van der Waals surface area (Å²) in [5.41, 5.74) is 0.550. The summed E-state index contributed by atoms with van der Waals surface area (Å²) >= 11 is 0. The van der Waals surface area contributed by atoms with Gasteiger partial charge in [-0.3, -0.25) is 4.79 Å². The quantitative estimate of drug-likeness (QED) is 0.886. The first kappa shape index (κ1) is 12.5. The van der Waals surface area contributed by atoms with Crippen LogP contribution in [0.3, 0.4) is 0 Å². The number of hydrogen-bond acceptors (Lipinski definition) is 4. The summed E-state index contributed by atoms with van der Waals surface area (Å²) < 4.78 is 0. The van der Waals surface area contributed by atoms with Gasteiger partial charge in [0.2, 0.25) is 0 Å². The molecule has 1 aromatic heterocycles. The van der Waals surface area contributed by atoms with E-state index < -0.39 is 0 Å². The molecule has 0 aromatic carbocycles. The van der Waals surface area contributed by atoms with Gasteiger partial charge in [-0.25, -0.2) is 9.97 Å². The molecule has 1 saturated heterocycles. The Morgan fingerprint density at radius 2 is 2.26 bits per heavy atom. The number of carbonyl (C=O) groups excluding carboxylic acids is 1. The Kier molecular flexibility index (Phi) is 3.46. The minimum absolute atomic E-state index is 0.0456. The van der Waals surface area contributed by atoms with Crippen LogP contribution < -0.4 is 5.32 Å². The molecule has 5 heteroatoms. The highest BCUT2D eigenvalue weighted by molar-refractivity contribution is 5.92. The van der Waals surface area contributed by atoms with Gasteiger partial charge in [0.05, 0.1) is 0 Å². The van der Waals surface area contributed by atoms with Crippen molar-refractivity contribution in [2.24, 2.45) is 0 Å². The van der Waals surface area contributed by atoms with E-state index in [1.54, 1.807) is 12.3 Å². The summed E-state index contributed by atoms with van der Waals surface area (Å²) in [5, 5.41) is 3.25. The molecule has 0 radical (unpaired) electrons. The summed E-state index contributed by atoms with van der Waals surface area (Å²) in [6, 6.07) is 2.14. The third-order valence-corrected chi connectivity index (χ3v) is 3.95. The van der Waals surface area contributed by atoms with E-state index in [1.165, 1.54) is 0 Å². The van der Waals surface area contributed by atoms with Crippen LogP contribution in [0.25, 0.3) is 0 Å². The van der Waals surface area contributed by atoms with E-state index >= 15 is 0 Å². The highest BCUT2D eigenvalue weighted by Crippen LogP contribution is 2.37. The van der Waals surface area contributed by atoms with Gasteiger partial charge >= 0.3 is 0 Å². The number of likely N-dealkylation sites (N-methyl/N-ethyl adjacent to an activating group) is 1. The molecule has 0 unspecified atom stereocenters. The standard InChI is InChI=1S/C14H20N4O/c1-15-11-3-2-8-18(9-11)14(19)12-6-7-16-13(17-12)10-4-5-10/h6-7,10-11,15H,2-5,8-9H2,1H3/t11-/m0/s1. The first-order valence-electron chi connectivity index (χ1n) is 7.07. The van der Waals surface area contributed by atoms with Crippen LogP contribution in [0.5, 0.6) is 0 Å². The lowest BCUT2D eigenvalue weighted by Gasteiger charge is -2.32. The Balaban J connectivity index is 1.73. The largest absolute Gasteiger partial charge is 0.336 e. The van der Waals surface area contributed by atoms with Crippen molar-refractivity contribution < 1.29 is 4.79 Å². The first-order valence-corrected chi connectivity index (χ1v) is 7.07. The third kappa shape index (κ3) is 2.76. The summed E-state index contributed by atoms with van der Waals surface area (Å²) in [7, 11) is 1.95. The summed E-state index contributed by atoms with van der Waals surface area (Å²) in [6.07, 6.45) is 6.22. The average molecular weight is 260 g/mol. The van der Waals surface area contributed by atoms with Crippen molar-refractivity contribution in [3.8, 4) is 0 Å². The van der Waals surface area contributed by atoms with Crippen molar-refractivity contribution in [3.63, 3.8) is 0 Å². The number of rotatable bonds is 3. The lowest BCUT2D eigenvalue weighted by molar-refractivity contribution is 0.0691. The normalized spacial score (nSPS) is 23.4. The molecule has 0 spiro atoms. The molecule has 1 N–H and O–H groups in total. The minimum atomic E-state index is 0.0456. The van der Waals surface area contributed by atoms with Gasteiger partial charge in [0.15, 0.2) is 0 Å². The van der Waals surface area contributed by atoms with Gasteiger partial charge in [-0.1, -0.05) is 0 Å². The molecule has 1 aliphatic heterocycles. The lowest BCUT2D eigenvalue weighted by Crippen LogP contribution is -2.47. The fourth-order valence-corrected chi connectivity index (χ4v) is 2.59. The van der Waals surface area contributed by atoms with E-state index in [0.29, 0.717) is 17.7 Å². The van der Waals surface area contributed by atoms with Crippen LogP contribution in [0.1, 0.15) is 47.9 Å². The van der Waals surface area contributed by atoms with Gasteiger partial charge in [-0.2, -0.15) is 0 Å². The van der Waals surface area contributed by atoms with E-state index in [-0.39, 0.29) is 5.91 Å². The number of nitrogens with zero attached hydrogens (tertiary/aromatic N) is 3. The van der Waals surface area contributed by atoms with Crippen molar-refractivity contribution in [2.75, 3.05) is 20.1 Å². The molecule has 1 atom stereocenters. The molecule has 2 aliphatic rings. The first-order chi connectivity index (χ1) is 9.28. The fraction of sp³-hybridized carbons (Fsp3) is 0.643. The summed E-state index contributed by atoms with van der Waals surface area (Å²) in [4.78, 5) is 23.1. The topological polar surface area (TPSA) is 58.1 Å². The van der Waals surface area contributed by atoms with Crippen molar-refractivity contribution in [1.29, 1.82) is 0 Å². The maximum absolute atomic E-state index is 12.5. The second-order valence-corrected chi connectivity index (χ2v) is 5.45. The molecule has 0 bridgehead atoms. The molecule has 2 fully saturated rings. The van der Waals surface area contributed by atoms with Gasteiger partial charge in [-0.15, -0.1) is 0 Å². The Morgan fingerprint density at radius 3 is 3.00 bits per heavy atom. The third-order valence-electron chi connectivity index (χ3n) is 3.95. The SMILES string of the molecule is CN[C@H]1CCCN(C(=O)c2ccnc(C3CC3)n2)C1. The number of carbonyl (C=O) groups is 1. The number of likely N-dealkylation sites (tertiary alicyclic amines) is 1. The lowest BCUT2D eigenvalue weighted by atomic mass is 10.1. The molecular formula is C14H20N4O. The van der Waals surface area contributed by atoms with E-state index in [2.05, 4.69) is 15.3 Å². The predicted octanol–water partition coefficient (Wildman–Crippen LogP) is 1.18. The molecule has 1 amide bonds. The van der Waals surface area contributed by atoms with Crippen molar-refractivity contribution in [1.82, 2.24) is 20.2 Å². The monoisotopic (exact) mass is 260 g/mol. The molecule has 19 heavy (non-hydrogen) atoms. The maximum atomic E-state index is 12.5.